The van der Waals surface area contributed by atoms with E-state index in [1.54, 1.807) is 13.8 Å². The zero-order chi connectivity index (χ0) is 22.4. The first-order valence-electron chi connectivity index (χ1n) is 9.38. The van der Waals surface area contributed by atoms with Gasteiger partial charge in [0.25, 0.3) is 0 Å². The van der Waals surface area contributed by atoms with Gasteiger partial charge in [0.15, 0.2) is 0 Å². The van der Waals surface area contributed by atoms with E-state index < -0.39 is 48.2 Å². The van der Waals surface area contributed by atoms with Gasteiger partial charge in [0, 0.05) is 0 Å². The second-order valence-electron chi connectivity index (χ2n) is 6.73. The van der Waals surface area contributed by atoms with Crippen molar-refractivity contribution in [2.75, 3.05) is 26.2 Å². The Hall–Kier alpha value is -2.73. The van der Waals surface area contributed by atoms with E-state index in [1.165, 1.54) is 0 Å². The van der Waals surface area contributed by atoms with Gasteiger partial charge in [-0.15, -0.1) is 0 Å². The number of hydrogen-bond donors (Lipinski definition) is 7. The molecule has 0 fully saturated rings. The van der Waals surface area contributed by atoms with Crippen LogP contribution in [0.2, 0.25) is 0 Å². The topological polar surface area (TPSA) is 206 Å². The lowest BCUT2D eigenvalue weighted by atomic mass is 10.0. The molecule has 0 saturated carbocycles. The van der Waals surface area contributed by atoms with E-state index >= 15 is 0 Å². The fourth-order valence-electron chi connectivity index (χ4n) is 2.26. The molecule has 2 atom stereocenters. The van der Waals surface area contributed by atoms with Gasteiger partial charge in [-0.05, 0) is 31.7 Å². The minimum Gasteiger partial charge on any atom is -0.480 e. The third kappa shape index (κ3) is 11.7. The monoisotopic (exact) mass is 416 g/mol. The molecule has 0 heterocycles. The maximum atomic E-state index is 12.5. The van der Waals surface area contributed by atoms with E-state index in [1.807, 2.05) is 0 Å². The highest BCUT2D eigenvalue weighted by molar-refractivity contribution is 5.92. The standard InChI is InChI=1S/C17H32N6O6/c1-10(2)15(16(27)22-11(17(28)29)5-3-4-6-18)23-14(26)9-21-13(25)8-20-12(24)7-19/h10-11,15H,3-9,18-19H2,1-2H3,(H,20,24)(H,21,25)(H,22,27)(H,23,26)(H,28,29)/t11-,15-/m0/s1. The summed E-state index contributed by atoms with van der Waals surface area (Å²) in [4.78, 5) is 58.4. The number of aliphatic carboxylic acids is 1. The molecule has 0 saturated heterocycles. The summed E-state index contributed by atoms with van der Waals surface area (Å²) in [6.45, 7) is 2.80. The number of amides is 4. The molecule has 0 aliphatic carbocycles. The Morgan fingerprint density at radius 1 is 0.862 bits per heavy atom. The summed E-state index contributed by atoms with van der Waals surface area (Å²) in [5, 5.41) is 18.7. The fourth-order valence-corrected chi connectivity index (χ4v) is 2.26. The molecule has 29 heavy (non-hydrogen) atoms. The Labute approximate surface area is 169 Å². The molecule has 0 aliphatic heterocycles. The van der Waals surface area contributed by atoms with Crippen LogP contribution in [-0.2, 0) is 24.0 Å². The highest BCUT2D eigenvalue weighted by Crippen LogP contribution is 2.05. The number of carboxylic acid groups (broad SMARTS) is 1. The molecule has 0 aromatic heterocycles. The molecule has 0 aromatic carbocycles. The van der Waals surface area contributed by atoms with Crippen molar-refractivity contribution in [2.24, 2.45) is 17.4 Å². The maximum Gasteiger partial charge on any atom is 0.326 e. The highest BCUT2D eigenvalue weighted by atomic mass is 16.4. The van der Waals surface area contributed by atoms with Gasteiger partial charge < -0.3 is 37.8 Å². The van der Waals surface area contributed by atoms with Crippen molar-refractivity contribution >= 4 is 29.6 Å². The van der Waals surface area contributed by atoms with E-state index in [4.69, 9.17) is 11.5 Å². The van der Waals surface area contributed by atoms with Crippen molar-refractivity contribution in [3.8, 4) is 0 Å². The first kappa shape index (κ1) is 26.3. The van der Waals surface area contributed by atoms with Crippen LogP contribution in [0.4, 0.5) is 0 Å². The predicted molar refractivity (Wildman–Crippen MR) is 104 cm³/mol. The van der Waals surface area contributed by atoms with Gasteiger partial charge in [0.2, 0.25) is 23.6 Å². The first-order valence-corrected chi connectivity index (χ1v) is 9.38. The Bertz CT molecular complexity index is 583. The lowest BCUT2D eigenvalue weighted by molar-refractivity contribution is -0.142. The van der Waals surface area contributed by atoms with Crippen LogP contribution in [0.25, 0.3) is 0 Å². The fraction of sp³-hybridized carbons (Fsp3) is 0.706. The molecule has 0 unspecified atom stereocenters. The molecule has 12 heteroatoms. The summed E-state index contributed by atoms with van der Waals surface area (Å²) in [6.07, 6.45) is 1.40. The van der Waals surface area contributed by atoms with Gasteiger partial charge in [-0.25, -0.2) is 4.79 Å². The molecule has 0 spiro atoms. The zero-order valence-corrected chi connectivity index (χ0v) is 16.8. The second kappa shape index (κ2) is 14.3. The van der Waals surface area contributed by atoms with Gasteiger partial charge in [-0.2, -0.15) is 0 Å². The van der Waals surface area contributed by atoms with Crippen LogP contribution >= 0.6 is 0 Å². The average molecular weight is 416 g/mol. The molecule has 0 aromatic rings. The third-order valence-electron chi connectivity index (χ3n) is 3.90. The number of nitrogens with two attached hydrogens (primary N) is 2. The zero-order valence-electron chi connectivity index (χ0n) is 16.8. The van der Waals surface area contributed by atoms with E-state index in [2.05, 4.69) is 21.3 Å². The Kier molecular flexibility index (Phi) is 12.9. The molecule has 0 aliphatic rings. The molecule has 4 amide bonds. The van der Waals surface area contributed by atoms with Crippen LogP contribution in [0.15, 0.2) is 0 Å². The summed E-state index contributed by atoms with van der Waals surface area (Å²) >= 11 is 0. The molecular formula is C17H32N6O6. The van der Waals surface area contributed by atoms with Gasteiger partial charge >= 0.3 is 5.97 Å². The van der Waals surface area contributed by atoms with E-state index in [0.717, 1.165) is 0 Å². The molecule has 0 bridgehead atoms. The molecule has 0 radical (unpaired) electrons. The smallest absolute Gasteiger partial charge is 0.326 e. The van der Waals surface area contributed by atoms with Crippen LogP contribution in [0, 0.1) is 5.92 Å². The van der Waals surface area contributed by atoms with E-state index in [-0.39, 0.29) is 25.4 Å². The summed E-state index contributed by atoms with van der Waals surface area (Å²) in [7, 11) is 0. The molecule has 9 N–H and O–H groups in total. The van der Waals surface area contributed by atoms with Gasteiger partial charge in [-0.1, -0.05) is 13.8 Å². The van der Waals surface area contributed by atoms with Crippen molar-refractivity contribution in [3.63, 3.8) is 0 Å². The second-order valence-corrected chi connectivity index (χ2v) is 6.73. The first-order chi connectivity index (χ1) is 13.6. The van der Waals surface area contributed by atoms with Crippen molar-refractivity contribution < 1.29 is 29.1 Å². The van der Waals surface area contributed by atoms with Crippen LogP contribution in [-0.4, -0.2) is 73.0 Å². The van der Waals surface area contributed by atoms with Crippen molar-refractivity contribution in [3.05, 3.63) is 0 Å². The van der Waals surface area contributed by atoms with Crippen LogP contribution in [0.5, 0.6) is 0 Å². The molecular weight excluding hydrogens is 384 g/mol. The number of hydrogen-bond acceptors (Lipinski definition) is 7. The minimum atomic E-state index is -1.17. The SMILES string of the molecule is CC(C)[C@H](NC(=O)CNC(=O)CNC(=O)CN)C(=O)N[C@@H](CCCCN)C(=O)O. The average Bonchev–Trinajstić information content (AvgIpc) is 2.67. The van der Waals surface area contributed by atoms with E-state index in [0.29, 0.717) is 19.4 Å². The number of carboxylic acids is 1. The number of nitrogens with one attached hydrogen (secondary N) is 4. The Morgan fingerprint density at radius 2 is 1.45 bits per heavy atom. The normalized spacial score (nSPS) is 12.6. The minimum absolute atomic E-state index is 0.224. The molecule has 166 valence electrons. The number of carbonyl (C=O) groups excluding carboxylic acids is 4. The Balaban J connectivity index is 4.65. The highest BCUT2D eigenvalue weighted by Gasteiger charge is 2.28. The van der Waals surface area contributed by atoms with Crippen LogP contribution in [0.1, 0.15) is 33.1 Å². The van der Waals surface area contributed by atoms with Gasteiger partial charge in [-0.3, -0.25) is 19.2 Å². The van der Waals surface area contributed by atoms with E-state index in [9.17, 15) is 29.1 Å². The Morgan fingerprint density at radius 3 is 1.97 bits per heavy atom. The summed E-state index contributed by atoms with van der Waals surface area (Å²) in [6, 6.07) is -2.06. The van der Waals surface area contributed by atoms with Crippen molar-refractivity contribution in [1.29, 1.82) is 0 Å². The van der Waals surface area contributed by atoms with Crippen molar-refractivity contribution in [1.82, 2.24) is 21.3 Å². The number of carbonyl (C=O) groups is 5. The lowest BCUT2D eigenvalue weighted by Gasteiger charge is -2.24. The summed E-state index contributed by atoms with van der Waals surface area (Å²) < 4.78 is 0. The molecule has 12 nitrogen and oxygen atoms in total. The quantitative estimate of drug-likeness (QED) is 0.145. The summed E-state index contributed by atoms with van der Waals surface area (Å²) in [5.74, 6) is -3.87. The van der Waals surface area contributed by atoms with Gasteiger partial charge in [0.1, 0.15) is 12.1 Å². The van der Waals surface area contributed by atoms with Gasteiger partial charge in [0.05, 0.1) is 19.6 Å². The van der Waals surface area contributed by atoms with Crippen LogP contribution in [0.3, 0.4) is 0 Å². The lowest BCUT2D eigenvalue weighted by Crippen LogP contribution is -2.55. The van der Waals surface area contributed by atoms with Crippen molar-refractivity contribution in [2.45, 2.75) is 45.2 Å². The predicted octanol–water partition coefficient (Wildman–Crippen LogP) is -2.98. The third-order valence-corrected chi connectivity index (χ3v) is 3.90. The summed E-state index contributed by atoms with van der Waals surface area (Å²) in [5.41, 5.74) is 10.5. The maximum absolute atomic E-state index is 12.5. The largest absolute Gasteiger partial charge is 0.480 e. The van der Waals surface area contributed by atoms with Crippen LogP contribution < -0.4 is 32.7 Å². The molecule has 0 rings (SSSR count). The number of unbranched alkanes of at least 4 members (excludes halogenated alkanes) is 1. The number of rotatable bonds is 14.